The zero-order valence-electron chi connectivity index (χ0n) is 16.0. The summed E-state index contributed by atoms with van der Waals surface area (Å²) in [6.07, 6.45) is -2.61. The zero-order valence-corrected chi connectivity index (χ0v) is 16.0. The van der Waals surface area contributed by atoms with Gasteiger partial charge in [0.2, 0.25) is 0 Å². The van der Waals surface area contributed by atoms with Crippen LogP contribution in [0.5, 0.6) is 0 Å². The lowest BCUT2D eigenvalue weighted by atomic mass is 10.0. The van der Waals surface area contributed by atoms with E-state index in [-0.39, 0.29) is 22.4 Å². The Morgan fingerprint density at radius 2 is 1.78 bits per heavy atom. The standard InChI is InChI=1S/C20H12F3N5O4/c21-20(22,23)14-6-2-1-5-12(14)17(29)10-26-11-24-18-13(19(26)30)9-25-27(18)15-7-3-4-8-16(15)28(31)32/h1-9,11H,10H2. The number of nitro benzene ring substituents is 1. The SMILES string of the molecule is O=C(Cn1cnc2c(cnn2-c2ccccc2[N+](=O)[O-])c1=O)c1ccccc1C(F)(F)F. The molecule has 2 aromatic heterocycles. The summed E-state index contributed by atoms with van der Waals surface area (Å²) < 4.78 is 41.6. The van der Waals surface area contributed by atoms with E-state index in [4.69, 9.17) is 0 Å². The Balaban J connectivity index is 1.74. The van der Waals surface area contributed by atoms with E-state index < -0.39 is 40.1 Å². The van der Waals surface area contributed by atoms with Crippen molar-refractivity contribution in [2.45, 2.75) is 12.7 Å². The summed E-state index contributed by atoms with van der Waals surface area (Å²) in [7, 11) is 0. The molecule has 0 unspecified atom stereocenters. The predicted octanol–water partition coefficient (Wildman–Crippen LogP) is 3.39. The highest BCUT2D eigenvalue weighted by molar-refractivity contribution is 5.97. The molecule has 0 saturated heterocycles. The summed E-state index contributed by atoms with van der Waals surface area (Å²) in [5.74, 6) is -0.924. The molecule has 4 rings (SSSR count). The normalized spacial score (nSPS) is 11.6. The fourth-order valence-electron chi connectivity index (χ4n) is 3.25. The first-order valence-corrected chi connectivity index (χ1v) is 9.05. The maximum Gasteiger partial charge on any atom is 0.417 e. The van der Waals surface area contributed by atoms with E-state index >= 15 is 0 Å². The van der Waals surface area contributed by atoms with E-state index in [9.17, 15) is 32.9 Å². The smallest absolute Gasteiger partial charge is 0.292 e. The maximum absolute atomic E-state index is 13.2. The molecule has 0 N–H and O–H groups in total. The number of nitro groups is 1. The fraction of sp³-hybridized carbons (Fsp3) is 0.100. The van der Waals surface area contributed by atoms with E-state index in [1.165, 1.54) is 24.3 Å². The first kappa shape index (κ1) is 20.9. The molecule has 0 aliphatic heterocycles. The number of rotatable bonds is 5. The number of benzene rings is 2. The minimum atomic E-state index is -4.73. The average Bonchev–Trinajstić information content (AvgIpc) is 3.19. The van der Waals surface area contributed by atoms with Crippen LogP contribution in [0, 0.1) is 10.1 Å². The van der Waals surface area contributed by atoms with Gasteiger partial charge in [0, 0.05) is 11.6 Å². The summed E-state index contributed by atoms with van der Waals surface area (Å²) in [5.41, 5.74) is -2.57. The van der Waals surface area contributed by atoms with Crippen LogP contribution in [0.2, 0.25) is 0 Å². The van der Waals surface area contributed by atoms with Gasteiger partial charge in [-0.1, -0.05) is 30.3 Å². The highest BCUT2D eigenvalue weighted by atomic mass is 19.4. The molecule has 12 heteroatoms. The molecule has 162 valence electrons. The maximum atomic E-state index is 13.2. The second-order valence-electron chi connectivity index (χ2n) is 6.68. The second kappa shape index (κ2) is 7.72. The van der Waals surface area contributed by atoms with Crippen LogP contribution in [0.1, 0.15) is 15.9 Å². The van der Waals surface area contributed by atoms with Gasteiger partial charge in [-0.3, -0.25) is 24.3 Å². The van der Waals surface area contributed by atoms with Crippen molar-refractivity contribution < 1.29 is 22.9 Å². The lowest BCUT2D eigenvalue weighted by molar-refractivity contribution is -0.384. The molecule has 0 aliphatic rings. The Morgan fingerprint density at radius 3 is 2.50 bits per heavy atom. The fourth-order valence-corrected chi connectivity index (χ4v) is 3.25. The topological polar surface area (TPSA) is 113 Å². The minimum Gasteiger partial charge on any atom is -0.292 e. The Bertz CT molecular complexity index is 1420. The van der Waals surface area contributed by atoms with E-state index in [0.29, 0.717) is 0 Å². The van der Waals surface area contributed by atoms with Gasteiger partial charge in [-0.2, -0.15) is 18.3 Å². The number of carbonyl (C=O) groups is 1. The minimum absolute atomic E-state index is 0.00342. The number of ketones is 1. The lowest BCUT2D eigenvalue weighted by Gasteiger charge is -2.12. The first-order valence-electron chi connectivity index (χ1n) is 9.05. The van der Waals surface area contributed by atoms with Crippen molar-refractivity contribution in [2.75, 3.05) is 0 Å². The van der Waals surface area contributed by atoms with Crippen molar-refractivity contribution in [1.82, 2.24) is 19.3 Å². The van der Waals surface area contributed by atoms with Crippen LogP contribution in [0.15, 0.2) is 65.8 Å². The molecule has 0 aliphatic carbocycles. The predicted molar refractivity (Wildman–Crippen MR) is 106 cm³/mol. The van der Waals surface area contributed by atoms with Gasteiger partial charge in [0.05, 0.1) is 23.2 Å². The summed E-state index contributed by atoms with van der Waals surface area (Å²) >= 11 is 0. The van der Waals surface area contributed by atoms with Crippen LogP contribution in [0.4, 0.5) is 18.9 Å². The summed E-state index contributed by atoms with van der Waals surface area (Å²) in [6, 6.07) is 9.99. The highest BCUT2D eigenvalue weighted by Gasteiger charge is 2.34. The van der Waals surface area contributed by atoms with Gasteiger partial charge < -0.3 is 0 Å². The molecule has 0 fully saturated rings. The number of carbonyl (C=O) groups excluding carboxylic acids is 1. The first-order chi connectivity index (χ1) is 15.2. The Morgan fingerprint density at radius 1 is 1.09 bits per heavy atom. The molecule has 0 spiro atoms. The highest BCUT2D eigenvalue weighted by Crippen LogP contribution is 2.32. The van der Waals surface area contributed by atoms with Crippen molar-refractivity contribution >= 4 is 22.5 Å². The monoisotopic (exact) mass is 443 g/mol. The molecule has 4 aromatic rings. The van der Waals surface area contributed by atoms with Gasteiger partial charge in [0.1, 0.15) is 17.4 Å². The molecule has 2 heterocycles. The van der Waals surface area contributed by atoms with Crippen LogP contribution < -0.4 is 5.56 Å². The van der Waals surface area contributed by atoms with Crippen LogP contribution in [-0.2, 0) is 12.7 Å². The molecular formula is C20H12F3N5O4. The molecule has 0 radical (unpaired) electrons. The van der Waals surface area contributed by atoms with Gasteiger partial charge in [0.25, 0.3) is 11.2 Å². The molecule has 0 saturated carbocycles. The van der Waals surface area contributed by atoms with Crippen LogP contribution in [0.3, 0.4) is 0 Å². The third-order valence-corrected chi connectivity index (χ3v) is 4.71. The number of para-hydroxylation sites is 2. The Hall–Kier alpha value is -4.35. The average molecular weight is 443 g/mol. The largest absolute Gasteiger partial charge is 0.417 e. The molecule has 32 heavy (non-hydrogen) atoms. The number of halogens is 3. The zero-order chi connectivity index (χ0) is 23.0. The number of fused-ring (bicyclic) bond motifs is 1. The van der Waals surface area contributed by atoms with Crippen molar-refractivity contribution in [3.05, 3.63) is 92.7 Å². The Labute approximate surface area is 176 Å². The summed E-state index contributed by atoms with van der Waals surface area (Å²) in [5, 5.41) is 15.2. The van der Waals surface area contributed by atoms with E-state index in [0.717, 1.165) is 40.0 Å². The van der Waals surface area contributed by atoms with Crippen molar-refractivity contribution in [2.24, 2.45) is 0 Å². The summed E-state index contributed by atoms with van der Waals surface area (Å²) in [6.45, 7) is -0.675. The lowest BCUT2D eigenvalue weighted by Crippen LogP contribution is -2.26. The molecule has 0 amide bonds. The van der Waals surface area contributed by atoms with Crippen LogP contribution in [0.25, 0.3) is 16.7 Å². The van der Waals surface area contributed by atoms with Crippen molar-refractivity contribution in [1.29, 1.82) is 0 Å². The third kappa shape index (κ3) is 3.62. The number of alkyl halides is 3. The quantitative estimate of drug-likeness (QED) is 0.265. The van der Waals surface area contributed by atoms with Gasteiger partial charge >= 0.3 is 6.18 Å². The van der Waals surface area contributed by atoms with E-state index in [2.05, 4.69) is 10.1 Å². The van der Waals surface area contributed by atoms with Crippen molar-refractivity contribution in [3.8, 4) is 5.69 Å². The number of Topliss-reactive ketones (excluding diaryl/α,β-unsaturated/α-hetero) is 1. The van der Waals surface area contributed by atoms with Gasteiger partial charge in [0.15, 0.2) is 11.4 Å². The third-order valence-electron chi connectivity index (χ3n) is 4.71. The van der Waals surface area contributed by atoms with Crippen LogP contribution >= 0.6 is 0 Å². The summed E-state index contributed by atoms with van der Waals surface area (Å²) in [4.78, 5) is 40.1. The molecule has 0 atom stereocenters. The van der Waals surface area contributed by atoms with Gasteiger partial charge in [-0.15, -0.1) is 0 Å². The number of nitrogens with zero attached hydrogens (tertiary/aromatic N) is 5. The second-order valence-corrected chi connectivity index (χ2v) is 6.68. The molecule has 9 nitrogen and oxygen atoms in total. The number of hydrogen-bond donors (Lipinski definition) is 0. The van der Waals surface area contributed by atoms with Crippen LogP contribution in [-0.4, -0.2) is 30.0 Å². The number of hydrogen-bond acceptors (Lipinski definition) is 6. The molecular weight excluding hydrogens is 431 g/mol. The van der Waals surface area contributed by atoms with Gasteiger partial charge in [-0.05, 0) is 12.1 Å². The number of aromatic nitrogens is 4. The Kier molecular flexibility index (Phi) is 5.04. The van der Waals surface area contributed by atoms with E-state index in [1.807, 2.05) is 0 Å². The molecule has 2 aromatic carbocycles. The van der Waals surface area contributed by atoms with Gasteiger partial charge in [-0.25, -0.2) is 9.67 Å². The van der Waals surface area contributed by atoms with Crippen molar-refractivity contribution in [3.63, 3.8) is 0 Å². The molecule has 0 bridgehead atoms. The van der Waals surface area contributed by atoms with E-state index in [1.54, 1.807) is 6.07 Å².